The van der Waals surface area contributed by atoms with Gasteiger partial charge >= 0.3 is 0 Å². The van der Waals surface area contributed by atoms with E-state index in [1.54, 1.807) is 11.8 Å². The van der Waals surface area contributed by atoms with Crippen molar-refractivity contribution in [2.24, 2.45) is 11.8 Å². The molecule has 0 saturated carbocycles. The molecule has 0 rings (SSSR count). The Bertz CT molecular complexity index is 135. The smallest absolute Gasteiger partial charge is 0.0939 e. The molecule has 0 amide bonds. The van der Waals surface area contributed by atoms with Crippen LogP contribution in [0.5, 0.6) is 0 Å². The molecule has 0 aliphatic heterocycles. The highest BCUT2D eigenvalue weighted by atomic mass is 32.2. The highest BCUT2D eigenvalue weighted by Gasteiger charge is 2.12. The van der Waals surface area contributed by atoms with Crippen molar-refractivity contribution in [3.63, 3.8) is 0 Å². The minimum atomic E-state index is 0.178. The molecule has 0 N–H and O–H groups in total. The molecule has 64 valence electrons. The largest absolute Gasteiger partial charge is 0.197 e. The molecule has 2 heteroatoms. The van der Waals surface area contributed by atoms with E-state index in [1.165, 1.54) is 0 Å². The fraction of sp³-hybridized carbons (Fsp3) is 0.889. The third-order valence-corrected chi connectivity index (χ3v) is 3.21. The average Bonchev–Trinajstić information content (AvgIpc) is 1.87. The summed E-state index contributed by atoms with van der Waals surface area (Å²) in [6.45, 7) is 8.56. The maximum Gasteiger partial charge on any atom is 0.0939 e. The number of nitrogens with zero attached hydrogens (tertiary/aromatic N) is 1. The molecule has 0 saturated heterocycles. The van der Waals surface area contributed by atoms with E-state index in [9.17, 15) is 0 Å². The Morgan fingerprint density at radius 1 is 1.27 bits per heavy atom. The van der Waals surface area contributed by atoms with Crippen molar-refractivity contribution >= 4 is 11.8 Å². The van der Waals surface area contributed by atoms with Crippen LogP contribution in [0, 0.1) is 23.2 Å². The van der Waals surface area contributed by atoms with Gasteiger partial charge in [-0.25, -0.2) is 0 Å². The van der Waals surface area contributed by atoms with Crippen molar-refractivity contribution in [1.82, 2.24) is 0 Å². The summed E-state index contributed by atoms with van der Waals surface area (Å²) in [6.07, 6.45) is 0. The zero-order chi connectivity index (χ0) is 8.85. The quantitative estimate of drug-likeness (QED) is 0.649. The molecular weight excluding hydrogens is 154 g/mol. The van der Waals surface area contributed by atoms with Crippen molar-refractivity contribution in [1.29, 1.82) is 5.26 Å². The normalized spacial score (nSPS) is 13.5. The second-order valence-corrected chi connectivity index (χ2v) is 4.70. The Labute approximate surface area is 74.2 Å². The van der Waals surface area contributed by atoms with E-state index in [4.69, 9.17) is 5.26 Å². The number of thioether (sulfide) groups is 1. The molecule has 0 aliphatic rings. The van der Waals surface area contributed by atoms with Gasteiger partial charge in [-0.3, -0.25) is 0 Å². The van der Waals surface area contributed by atoms with Crippen molar-refractivity contribution in [2.75, 3.05) is 5.75 Å². The Balaban J connectivity index is 3.64. The van der Waals surface area contributed by atoms with Crippen LogP contribution >= 0.6 is 11.8 Å². The lowest BCUT2D eigenvalue weighted by atomic mass is 10.1. The van der Waals surface area contributed by atoms with Gasteiger partial charge in [-0.2, -0.15) is 5.26 Å². The molecule has 0 bridgehead atoms. The first kappa shape index (κ1) is 10.8. The second-order valence-electron chi connectivity index (χ2n) is 3.52. The van der Waals surface area contributed by atoms with Gasteiger partial charge in [-0.05, 0) is 17.6 Å². The number of hydrogen-bond donors (Lipinski definition) is 0. The summed E-state index contributed by atoms with van der Waals surface area (Å²) in [7, 11) is 0. The highest BCUT2D eigenvalue weighted by molar-refractivity contribution is 8.00. The topological polar surface area (TPSA) is 23.8 Å². The number of nitriles is 1. The first-order chi connectivity index (χ1) is 5.07. The summed E-state index contributed by atoms with van der Waals surface area (Å²) in [5.41, 5.74) is 0. The SMILES string of the molecule is CC(C)CSC(C#N)C(C)C. The van der Waals surface area contributed by atoms with Gasteiger partial charge in [0.1, 0.15) is 0 Å². The molecule has 0 aromatic carbocycles. The molecule has 0 heterocycles. The van der Waals surface area contributed by atoms with Gasteiger partial charge in [-0.15, -0.1) is 11.8 Å². The van der Waals surface area contributed by atoms with Crippen molar-refractivity contribution < 1.29 is 0 Å². The zero-order valence-corrected chi connectivity index (χ0v) is 8.61. The van der Waals surface area contributed by atoms with E-state index in [0.29, 0.717) is 11.8 Å². The highest BCUT2D eigenvalue weighted by Crippen LogP contribution is 2.20. The molecule has 0 fully saturated rings. The summed E-state index contributed by atoms with van der Waals surface area (Å²) in [5, 5.41) is 8.92. The Kier molecular flexibility index (Phi) is 5.41. The van der Waals surface area contributed by atoms with Crippen molar-refractivity contribution in [2.45, 2.75) is 32.9 Å². The molecule has 1 atom stereocenters. The minimum absolute atomic E-state index is 0.178. The second kappa shape index (κ2) is 5.49. The lowest BCUT2D eigenvalue weighted by Gasteiger charge is -2.13. The Morgan fingerprint density at radius 3 is 2.09 bits per heavy atom. The lowest BCUT2D eigenvalue weighted by molar-refractivity contribution is 0.678. The molecule has 0 aromatic rings. The molecule has 0 aliphatic carbocycles. The monoisotopic (exact) mass is 171 g/mol. The van der Waals surface area contributed by atoms with Crippen LogP contribution in [0.2, 0.25) is 0 Å². The van der Waals surface area contributed by atoms with E-state index in [1.807, 2.05) is 0 Å². The summed E-state index contributed by atoms with van der Waals surface area (Å²) in [6, 6.07) is 2.32. The molecule has 1 nitrogen and oxygen atoms in total. The van der Waals surface area contributed by atoms with Gasteiger partial charge in [-0.1, -0.05) is 27.7 Å². The number of hydrogen-bond acceptors (Lipinski definition) is 2. The predicted octanol–water partition coefficient (Wildman–Crippen LogP) is 2.92. The fourth-order valence-corrected chi connectivity index (χ4v) is 1.73. The van der Waals surface area contributed by atoms with Gasteiger partial charge in [0.15, 0.2) is 0 Å². The van der Waals surface area contributed by atoms with E-state index >= 15 is 0 Å². The fourth-order valence-electron chi connectivity index (χ4n) is 0.675. The summed E-state index contributed by atoms with van der Waals surface area (Å²) in [4.78, 5) is 0. The lowest BCUT2D eigenvalue weighted by Crippen LogP contribution is -2.10. The molecule has 0 radical (unpaired) electrons. The maximum atomic E-state index is 8.74. The van der Waals surface area contributed by atoms with E-state index in [2.05, 4.69) is 33.8 Å². The van der Waals surface area contributed by atoms with Crippen LogP contribution in [-0.2, 0) is 0 Å². The maximum absolute atomic E-state index is 8.74. The molecule has 0 aromatic heterocycles. The third kappa shape index (κ3) is 5.15. The summed E-state index contributed by atoms with van der Waals surface area (Å²) < 4.78 is 0. The van der Waals surface area contributed by atoms with Crippen LogP contribution in [0.4, 0.5) is 0 Å². The van der Waals surface area contributed by atoms with Gasteiger partial charge in [0.25, 0.3) is 0 Å². The molecule has 0 spiro atoms. The zero-order valence-electron chi connectivity index (χ0n) is 7.79. The summed E-state index contributed by atoms with van der Waals surface area (Å²) >= 11 is 1.78. The predicted molar refractivity (Wildman–Crippen MR) is 51.5 cm³/mol. The molecule has 11 heavy (non-hydrogen) atoms. The van der Waals surface area contributed by atoms with Crippen LogP contribution in [0.25, 0.3) is 0 Å². The van der Waals surface area contributed by atoms with Gasteiger partial charge < -0.3 is 0 Å². The first-order valence-electron chi connectivity index (χ1n) is 4.09. The van der Waals surface area contributed by atoms with Crippen LogP contribution in [0.15, 0.2) is 0 Å². The van der Waals surface area contributed by atoms with E-state index < -0.39 is 0 Å². The van der Waals surface area contributed by atoms with Crippen molar-refractivity contribution in [3.05, 3.63) is 0 Å². The molecule has 1 unspecified atom stereocenters. The number of rotatable bonds is 4. The van der Waals surface area contributed by atoms with Gasteiger partial charge in [0.2, 0.25) is 0 Å². The van der Waals surface area contributed by atoms with Gasteiger partial charge in [0, 0.05) is 0 Å². The Morgan fingerprint density at radius 2 is 1.82 bits per heavy atom. The Hall–Kier alpha value is -0.160. The average molecular weight is 171 g/mol. The molecular formula is C9H17NS. The minimum Gasteiger partial charge on any atom is -0.197 e. The first-order valence-corrected chi connectivity index (χ1v) is 5.14. The summed E-state index contributed by atoms with van der Waals surface area (Å²) in [5.74, 6) is 2.26. The standard InChI is InChI=1S/C9H17NS/c1-7(2)6-11-9(5-10)8(3)4/h7-9H,6H2,1-4H3. The van der Waals surface area contributed by atoms with Gasteiger partial charge in [0.05, 0.1) is 11.3 Å². The third-order valence-electron chi connectivity index (χ3n) is 1.34. The van der Waals surface area contributed by atoms with Crippen LogP contribution in [-0.4, -0.2) is 11.0 Å². The van der Waals surface area contributed by atoms with Crippen molar-refractivity contribution in [3.8, 4) is 6.07 Å². The van der Waals surface area contributed by atoms with Crippen LogP contribution < -0.4 is 0 Å². The van der Waals surface area contributed by atoms with Crippen LogP contribution in [0.1, 0.15) is 27.7 Å². The van der Waals surface area contributed by atoms with Crippen LogP contribution in [0.3, 0.4) is 0 Å². The van der Waals surface area contributed by atoms with E-state index in [0.717, 1.165) is 5.75 Å². The van der Waals surface area contributed by atoms with E-state index in [-0.39, 0.29) is 5.25 Å².